The second-order valence-corrected chi connectivity index (χ2v) is 7.45. The van der Waals surface area contributed by atoms with Gasteiger partial charge in [0.2, 0.25) is 5.91 Å². The lowest BCUT2D eigenvalue weighted by Crippen LogP contribution is -2.25. The Bertz CT molecular complexity index is 830. The molecule has 1 aliphatic carbocycles. The Hall–Kier alpha value is -2.23. The van der Waals surface area contributed by atoms with Crippen LogP contribution >= 0.6 is 0 Å². The molecular formula is C22H29NO3. The normalized spacial score (nSPS) is 14.6. The summed E-state index contributed by atoms with van der Waals surface area (Å²) in [5.41, 5.74) is 4.09. The molecule has 26 heavy (non-hydrogen) atoms. The lowest BCUT2D eigenvalue weighted by molar-refractivity contribution is -0.116. The van der Waals surface area contributed by atoms with Gasteiger partial charge in [-0.05, 0) is 50.7 Å². The molecule has 1 aromatic heterocycles. The first-order valence-electron chi connectivity index (χ1n) is 9.67. The van der Waals surface area contributed by atoms with Crippen LogP contribution in [-0.2, 0) is 17.6 Å². The molecule has 0 saturated carbocycles. The molecule has 2 aromatic rings. The first-order chi connectivity index (χ1) is 12.5. The lowest BCUT2D eigenvalue weighted by Gasteiger charge is -2.12. The van der Waals surface area contributed by atoms with E-state index >= 15 is 0 Å². The van der Waals surface area contributed by atoms with Gasteiger partial charge >= 0.3 is 0 Å². The van der Waals surface area contributed by atoms with Crippen LogP contribution in [0, 0.1) is 5.92 Å². The second-order valence-electron chi connectivity index (χ2n) is 7.45. The average Bonchev–Trinajstić information content (AvgIpc) is 2.97. The summed E-state index contributed by atoms with van der Waals surface area (Å²) in [7, 11) is 0. The smallest absolute Gasteiger partial charge is 0.244 e. The van der Waals surface area contributed by atoms with Crippen molar-refractivity contribution in [2.24, 2.45) is 5.92 Å². The van der Waals surface area contributed by atoms with E-state index in [0.717, 1.165) is 46.5 Å². The number of carbonyl (C=O) groups is 1. The second kappa shape index (κ2) is 7.98. The number of ether oxygens (including phenoxy) is 1. The number of aryl methyl sites for hydroxylation is 2. The molecule has 0 bridgehead atoms. The average molecular weight is 355 g/mol. The van der Waals surface area contributed by atoms with Crippen molar-refractivity contribution in [2.75, 3.05) is 13.2 Å². The standard InChI is InChI=1S/C22H29NO3/c1-5-25-20-12-21-18(16-8-6-7-9-19(16)26-21)11-17(20)15(4)10-22(24)23-13-14(2)3/h10-12,14H,5-9,13H2,1-4H3,(H,23,24)/b15-10+. The third-order valence-corrected chi connectivity index (χ3v) is 4.81. The zero-order chi connectivity index (χ0) is 18.7. The van der Waals surface area contributed by atoms with Crippen LogP contribution in [0.5, 0.6) is 5.75 Å². The minimum absolute atomic E-state index is 0.0621. The van der Waals surface area contributed by atoms with Crippen LogP contribution in [0.15, 0.2) is 22.6 Å². The molecule has 1 aliphatic rings. The van der Waals surface area contributed by atoms with Crippen molar-refractivity contribution in [1.29, 1.82) is 0 Å². The van der Waals surface area contributed by atoms with Crippen molar-refractivity contribution in [3.8, 4) is 5.75 Å². The monoisotopic (exact) mass is 355 g/mol. The molecule has 3 rings (SSSR count). The van der Waals surface area contributed by atoms with E-state index in [4.69, 9.17) is 9.15 Å². The van der Waals surface area contributed by atoms with Crippen molar-refractivity contribution in [3.63, 3.8) is 0 Å². The predicted octanol–water partition coefficient (Wildman–Crippen LogP) is 4.89. The van der Waals surface area contributed by atoms with Crippen LogP contribution in [0.3, 0.4) is 0 Å². The van der Waals surface area contributed by atoms with E-state index in [9.17, 15) is 4.79 Å². The first kappa shape index (κ1) is 18.6. The minimum atomic E-state index is -0.0621. The van der Waals surface area contributed by atoms with Gasteiger partial charge in [0.15, 0.2) is 0 Å². The van der Waals surface area contributed by atoms with Crippen LogP contribution in [0.1, 0.15) is 57.4 Å². The molecular weight excluding hydrogens is 326 g/mol. The van der Waals surface area contributed by atoms with Crippen LogP contribution in [0.4, 0.5) is 0 Å². The molecule has 4 nitrogen and oxygen atoms in total. The number of hydrogen-bond donors (Lipinski definition) is 1. The summed E-state index contributed by atoms with van der Waals surface area (Å²) in [6, 6.07) is 4.12. The summed E-state index contributed by atoms with van der Waals surface area (Å²) in [6.45, 7) is 9.35. The summed E-state index contributed by atoms with van der Waals surface area (Å²) < 4.78 is 11.9. The molecule has 0 fully saturated rings. The van der Waals surface area contributed by atoms with Gasteiger partial charge < -0.3 is 14.5 Å². The molecule has 0 aliphatic heterocycles. The highest BCUT2D eigenvalue weighted by molar-refractivity contribution is 5.97. The Kier molecular flexibility index (Phi) is 5.70. The molecule has 1 N–H and O–H groups in total. The highest BCUT2D eigenvalue weighted by atomic mass is 16.5. The lowest BCUT2D eigenvalue weighted by atomic mass is 9.94. The van der Waals surface area contributed by atoms with Gasteiger partial charge in [0.25, 0.3) is 0 Å². The number of rotatable bonds is 6. The van der Waals surface area contributed by atoms with Gasteiger partial charge in [-0.15, -0.1) is 0 Å². The van der Waals surface area contributed by atoms with E-state index in [-0.39, 0.29) is 5.91 Å². The maximum atomic E-state index is 12.2. The number of benzene rings is 1. The Balaban J connectivity index is 1.99. The van der Waals surface area contributed by atoms with E-state index in [1.165, 1.54) is 18.4 Å². The molecule has 0 saturated heterocycles. The maximum absolute atomic E-state index is 12.2. The van der Waals surface area contributed by atoms with Gasteiger partial charge in [0, 0.05) is 41.6 Å². The van der Waals surface area contributed by atoms with Gasteiger partial charge in [-0.1, -0.05) is 13.8 Å². The summed E-state index contributed by atoms with van der Waals surface area (Å²) in [6.07, 6.45) is 6.13. The molecule has 1 aromatic carbocycles. The first-order valence-corrected chi connectivity index (χ1v) is 9.67. The van der Waals surface area contributed by atoms with E-state index < -0.39 is 0 Å². The van der Waals surface area contributed by atoms with Crippen molar-refractivity contribution >= 4 is 22.4 Å². The Morgan fingerprint density at radius 3 is 2.81 bits per heavy atom. The van der Waals surface area contributed by atoms with E-state index in [1.54, 1.807) is 6.08 Å². The third kappa shape index (κ3) is 3.95. The molecule has 0 atom stereocenters. The van der Waals surface area contributed by atoms with E-state index in [2.05, 4.69) is 25.2 Å². The number of allylic oxidation sites excluding steroid dienone is 1. The molecule has 4 heteroatoms. The van der Waals surface area contributed by atoms with Gasteiger partial charge in [0.1, 0.15) is 17.1 Å². The molecule has 0 spiro atoms. The van der Waals surface area contributed by atoms with Crippen LogP contribution in [0.25, 0.3) is 16.5 Å². The fourth-order valence-corrected chi connectivity index (χ4v) is 3.50. The molecule has 0 unspecified atom stereocenters. The largest absolute Gasteiger partial charge is 0.493 e. The van der Waals surface area contributed by atoms with Crippen LogP contribution in [0.2, 0.25) is 0 Å². The van der Waals surface area contributed by atoms with Gasteiger partial charge in [-0.2, -0.15) is 0 Å². The molecule has 1 amide bonds. The van der Waals surface area contributed by atoms with E-state index in [0.29, 0.717) is 19.1 Å². The highest BCUT2D eigenvalue weighted by Crippen LogP contribution is 2.38. The van der Waals surface area contributed by atoms with Crippen molar-refractivity contribution in [1.82, 2.24) is 5.32 Å². The van der Waals surface area contributed by atoms with E-state index in [1.807, 2.05) is 19.9 Å². The molecule has 140 valence electrons. The number of nitrogens with one attached hydrogen (secondary N) is 1. The topological polar surface area (TPSA) is 51.5 Å². The molecule has 1 heterocycles. The Labute approximate surface area is 155 Å². The quantitative estimate of drug-likeness (QED) is 0.751. The van der Waals surface area contributed by atoms with Crippen molar-refractivity contribution in [3.05, 3.63) is 35.1 Å². The zero-order valence-electron chi connectivity index (χ0n) is 16.3. The molecule has 0 radical (unpaired) electrons. The third-order valence-electron chi connectivity index (χ3n) is 4.81. The summed E-state index contributed by atoms with van der Waals surface area (Å²) >= 11 is 0. The fraction of sp³-hybridized carbons (Fsp3) is 0.500. The number of amides is 1. The van der Waals surface area contributed by atoms with Crippen molar-refractivity contribution < 1.29 is 13.9 Å². The number of fused-ring (bicyclic) bond motifs is 3. The Morgan fingerprint density at radius 2 is 2.08 bits per heavy atom. The summed E-state index contributed by atoms with van der Waals surface area (Å²) in [5.74, 6) is 2.26. The highest BCUT2D eigenvalue weighted by Gasteiger charge is 2.20. The zero-order valence-corrected chi connectivity index (χ0v) is 16.3. The van der Waals surface area contributed by atoms with Crippen LogP contribution in [-0.4, -0.2) is 19.1 Å². The summed E-state index contributed by atoms with van der Waals surface area (Å²) in [4.78, 5) is 12.2. The predicted molar refractivity (Wildman–Crippen MR) is 106 cm³/mol. The minimum Gasteiger partial charge on any atom is -0.493 e. The SMILES string of the molecule is CCOc1cc2oc3c(c2cc1/C(C)=C/C(=O)NCC(C)C)CCCC3. The number of hydrogen-bond acceptors (Lipinski definition) is 3. The summed E-state index contributed by atoms with van der Waals surface area (Å²) in [5, 5.41) is 4.10. The number of furan rings is 1. The Morgan fingerprint density at radius 1 is 1.31 bits per heavy atom. The van der Waals surface area contributed by atoms with Gasteiger partial charge in [-0.25, -0.2) is 0 Å². The van der Waals surface area contributed by atoms with Gasteiger partial charge in [0.05, 0.1) is 6.61 Å². The fourth-order valence-electron chi connectivity index (χ4n) is 3.50. The van der Waals surface area contributed by atoms with Gasteiger partial charge in [-0.3, -0.25) is 4.79 Å². The maximum Gasteiger partial charge on any atom is 0.244 e. The van der Waals surface area contributed by atoms with Crippen LogP contribution < -0.4 is 10.1 Å². The van der Waals surface area contributed by atoms with Crippen molar-refractivity contribution in [2.45, 2.75) is 53.4 Å². The number of carbonyl (C=O) groups excluding carboxylic acids is 1.